The first-order chi connectivity index (χ1) is 14.0. The average Bonchev–Trinajstić information content (AvgIpc) is 2.71. The van der Waals surface area contributed by atoms with Crippen molar-refractivity contribution in [3.8, 4) is 11.5 Å². The fourth-order valence-corrected chi connectivity index (χ4v) is 8.16. The Bertz CT molecular complexity index is 880. The quantitative estimate of drug-likeness (QED) is 0.413. The number of carbonyl (C=O) groups excluding carboxylic acids is 1. The van der Waals surface area contributed by atoms with Crippen LogP contribution in [0.4, 0.5) is 0 Å². The van der Waals surface area contributed by atoms with Gasteiger partial charge in [0.05, 0.1) is 0 Å². The summed E-state index contributed by atoms with van der Waals surface area (Å²) in [5, 5.41) is 20.3. The van der Waals surface area contributed by atoms with Gasteiger partial charge in [0.15, 0.2) is 0 Å². The van der Waals surface area contributed by atoms with Gasteiger partial charge < -0.3 is 0 Å². The standard InChI is InChI=1S/C24H27AsO4/c26-21-5-6-22(27)19(12-21)13-25-20-3-1-16(2-4-20)24(28)29-23-17-8-14-7-15(10-17)11-18(23)9-14/h1-6,12,14-15,17-18,23,25-27H,7-11,13H2. The molecule has 4 aliphatic rings. The molecular weight excluding hydrogens is 427 g/mol. The van der Waals surface area contributed by atoms with E-state index in [1.165, 1.54) is 48.6 Å². The molecule has 1 atom stereocenters. The van der Waals surface area contributed by atoms with Crippen molar-refractivity contribution >= 4 is 26.1 Å². The second-order valence-corrected chi connectivity index (χ2v) is 11.7. The fraction of sp³-hybridized carbons (Fsp3) is 0.458. The van der Waals surface area contributed by atoms with E-state index in [9.17, 15) is 15.0 Å². The van der Waals surface area contributed by atoms with E-state index in [4.69, 9.17) is 4.74 Å². The molecule has 0 saturated heterocycles. The first-order valence-corrected chi connectivity index (χ1v) is 13.1. The van der Waals surface area contributed by atoms with Crippen molar-refractivity contribution < 1.29 is 19.7 Å². The minimum absolute atomic E-state index is 0.122. The van der Waals surface area contributed by atoms with Crippen LogP contribution in [0.15, 0.2) is 42.5 Å². The maximum absolute atomic E-state index is 12.7. The first-order valence-electron chi connectivity index (χ1n) is 10.6. The number of benzene rings is 2. The zero-order valence-electron chi connectivity index (χ0n) is 16.4. The Morgan fingerprint density at radius 2 is 1.59 bits per heavy atom. The third-order valence-electron chi connectivity index (χ3n) is 7.05. The van der Waals surface area contributed by atoms with Gasteiger partial charge in [-0.1, -0.05) is 0 Å². The van der Waals surface area contributed by atoms with Gasteiger partial charge in [0.1, 0.15) is 0 Å². The topological polar surface area (TPSA) is 66.8 Å². The van der Waals surface area contributed by atoms with Crippen LogP contribution in [0.3, 0.4) is 0 Å². The molecule has 4 aliphatic carbocycles. The average molecular weight is 454 g/mol. The van der Waals surface area contributed by atoms with Crippen molar-refractivity contribution in [3.63, 3.8) is 0 Å². The molecule has 0 aromatic heterocycles. The Morgan fingerprint density at radius 1 is 0.931 bits per heavy atom. The molecule has 0 radical (unpaired) electrons. The number of phenols is 2. The van der Waals surface area contributed by atoms with Crippen LogP contribution in [0.1, 0.15) is 48.0 Å². The van der Waals surface area contributed by atoms with Crippen molar-refractivity contribution in [3.05, 3.63) is 53.6 Å². The molecule has 152 valence electrons. The van der Waals surface area contributed by atoms with Gasteiger partial charge in [-0.15, -0.1) is 0 Å². The molecule has 0 amide bonds. The van der Waals surface area contributed by atoms with E-state index < -0.39 is 15.8 Å². The molecule has 4 saturated carbocycles. The molecule has 1 unspecified atom stereocenters. The van der Waals surface area contributed by atoms with Gasteiger partial charge in [-0.3, -0.25) is 0 Å². The summed E-state index contributed by atoms with van der Waals surface area (Å²) in [4.78, 5) is 12.7. The molecule has 4 bridgehead atoms. The van der Waals surface area contributed by atoms with Gasteiger partial charge in [0, 0.05) is 0 Å². The van der Waals surface area contributed by atoms with Crippen LogP contribution in [0.25, 0.3) is 0 Å². The molecule has 0 aliphatic heterocycles. The van der Waals surface area contributed by atoms with Crippen LogP contribution in [-0.2, 0) is 9.95 Å². The molecule has 2 aromatic rings. The molecular formula is C24H27AsO4. The number of ether oxygens (including phenoxy) is 1. The third-order valence-corrected chi connectivity index (χ3v) is 9.78. The summed E-state index contributed by atoms with van der Waals surface area (Å²) in [5.41, 5.74) is 1.41. The van der Waals surface area contributed by atoms with Crippen LogP contribution in [0, 0.1) is 23.7 Å². The van der Waals surface area contributed by atoms with Gasteiger partial charge in [-0.2, -0.15) is 0 Å². The van der Waals surface area contributed by atoms with Gasteiger partial charge in [0.2, 0.25) is 0 Å². The second-order valence-electron chi connectivity index (χ2n) is 9.04. The minimum atomic E-state index is -0.512. The predicted molar refractivity (Wildman–Crippen MR) is 113 cm³/mol. The molecule has 0 spiro atoms. The van der Waals surface area contributed by atoms with Gasteiger partial charge in [-0.25, -0.2) is 0 Å². The van der Waals surface area contributed by atoms with Gasteiger partial charge >= 0.3 is 178 Å². The summed E-state index contributed by atoms with van der Waals surface area (Å²) >= 11 is -0.512. The Labute approximate surface area is 178 Å². The summed E-state index contributed by atoms with van der Waals surface area (Å²) < 4.78 is 7.23. The normalized spacial score (nSPS) is 30.1. The molecule has 2 N–H and O–H groups in total. The van der Waals surface area contributed by atoms with Crippen molar-refractivity contribution in [2.24, 2.45) is 23.7 Å². The van der Waals surface area contributed by atoms with Crippen LogP contribution in [0.2, 0.25) is 0 Å². The summed E-state index contributed by atoms with van der Waals surface area (Å²) in [6.45, 7) is 0. The zero-order valence-corrected chi connectivity index (χ0v) is 18.5. The van der Waals surface area contributed by atoms with Crippen molar-refractivity contribution in [1.82, 2.24) is 0 Å². The fourth-order valence-electron chi connectivity index (χ4n) is 5.89. The number of rotatable bonds is 5. The van der Waals surface area contributed by atoms with E-state index in [0.717, 1.165) is 22.6 Å². The van der Waals surface area contributed by atoms with E-state index in [0.29, 0.717) is 17.4 Å². The molecule has 5 heteroatoms. The van der Waals surface area contributed by atoms with E-state index in [1.807, 2.05) is 24.3 Å². The van der Waals surface area contributed by atoms with Crippen molar-refractivity contribution in [2.75, 3.05) is 0 Å². The second kappa shape index (κ2) is 7.72. The van der Waals surface area contributed by atoms with Crippen LogP contribution < -0.4 is 4.35 Å². The Kier molecular flexibility index (Phi) is 5.07. The van der Waals surface area contributed by atoms with Crippen LogP contribution >= 0.6 is 0 Å². The molecule has 2 aromatic carbocycles. The third kappa shape index (κ3) is 3.92. The zero-order chi connectivity index (χ0) is 20.0. The van der Waals surface area contributed by atoms with Gasteiger partial charge in [0.25, 0.3) is 0 Å². The Morgan fingerprint density at radius 3 is 2.24 bits per heavy atom. The van der Waals surface area contributed by atoms with E-state index >= 15 is 0 Å². The number of phenolic OH excluding ortho intramolecular Hbond substituents is 2. The molecule has 4 fully saturated rings. The number of aromatic hydroxyl groups is 2. The molecule has 4 nitrogen and oxygen atoms in total. The molecule has 0 heterocycles. The Balaban J connectivity index is 1.20. The van der Waals surface area contributed by atoms with Crippen LogP contribution in [-0.4, -0.2) is 38.0 Å². The molecule has 29 heavy (non-hydrogen) atoms. The van der Waals surface area contributed by atoms with Crippen molar-refractivity contribution in [2.45, 2.75) is 43.4 Å². The maximum atomic E-state index is 12.7. The SMILES string of the molecule is O=C(OC1C2CC3CC(C2)CC1C3)c1ccc([AsH]Cc2cc(O)ccc2O)cc1. The summed E-state index contributed by atoms with van der Waals surface area (Å²) in [6.07, 6.45) is 6.51. The van der Waals surface area contributed by atoms with E-state index in [2.05, 4.69) is 0 Å². The first kappa shape index (κ1) is 19.1. The van der Waals surface area contributed by atoms with Gasteiger partial charge in [-0.05, 0) is 0 Å². The number of carbonyl (C=O) groups is 1. The summed E-state index contributed by atoms with van der Waals surface area (Å²) in [7, 11) is 0. The van der Waals surface area contributed by atoms with E-state index in [-0.39, 0.29) is 23.6 Å². The van der Waals surface area contributed by atoms with E-state index in [1.54, 1.807) is 6.07 Å². The summed E-state index contributed by atoms with van der Waals surface area (Å²) in [6, 6.07) is 12.4. The Hall–Kier alpha value is -1.93. The molecule has 6 rings (SSSR count). The number of hydrogen-bond donors (Lipinski definition) is 2. The number of hydrogen-bond acceptors (Lipinski definition) is 4. The number of esters is 1. The monoisotopic (exact) mass is 454 g/mol. The van der Waals surface area contributed by atoms with Crippen molar-refractivity contribution in [1.29, 1.82) is 0 Å². The predicted octanol–water partition coefficient (Wildman–Crippen LogP) is 3.34. The summed E-state index contributed by atoms with van der Waals surface area (Å²) in [5.74, 6) is 3.13. The van der Waals surface area contributed by atoms with Crippen LogP contribution in [0.5, 0.6) is 11.5 Å².